The minimum Gasteiger partial charge on any atom is -0.483 e. The van der Waals surface area contributed by atoms with Gasteiger partial charge in [-0.1, -0.05) is 0 Å². The van der Waals surface area contributed by atoms with Crippen LogP contribution in [0.5, 0.6) is 0 Å². The number of carbonyl (C=O) groups excluding carboxylic acids is 1. The monoisotopic (exact) mass is 386 g/mol. The number of hydrogen-bond donors (Lipinski definition) is 5. The van der Waals surface area contributed by atoms with Crippen molar-refractivity contribution in [1.29, 1.82) is 0 Å². The summed E-state index contributed by atoms with van der Waals surface area (Å²) in [5.41, 5.74) is 7.52. The number of aromatic amines is 1. The molecule has 0 spiro atoms. The number of aromatic nitrogens is 3. The number of anilines is 3. The molecule has 0 atom stereocenters. The lowest BCUT2D eigenvalue weighted by molar-refractivity contribution is -0.122. The van der Waals surface area contributed by atoms with E-state index in [-0.39, 0.29) is 18.0 Å². The zero-order chi connectivity index (χ0) is 20.1. The van der Waals surface area contributed by atoms with Gasteiger partial charge in [0.25, 0.3) is 12.4 Å². The summed E-state index contributed by atoms with van der Waals surface area (Å²) < 4.78 is 13.0. The molecule has 4 rings (SSSR count). The first kappa shape index (κ1) is 19.1. The average molecular weight is 386 g/mol. The Morgan fingerprint density at radius 3 is 2.54 bits per heavy atom. The first-order valence-corrected chi connectivity index (χ1v) is 8.57. The molecule has 0 aliphatic heterocycles. The van der Waals surface area contributed by atoms with Gasteiger partial charge in [0, 0.05) is 11.7 Å². The standard InChI is InChI=1S/C17H17FN6O.CH2O2/c18-9-4-6-11(7-5-9)21-17-23-12-8-13(15(19)25)22-14(12)16(24-17)20-10-2-1-3-10;2-1-3/h4-8,10,22H,1-3H2,(H2,19,25)(H2,20,21,23,24);1H,(H,2,3). The van der Waals surface area contributed by atoms with Gasteiger partial charge in [0.1, 0.15) is 17.0 Å². The number of benzene rings is 1. The molecule has 0 unspecified atom stereocenters. The molecule has 1 amide bonds. The Labute approximate surface area is 159 Å². The van der Waals surface area contributed by atoms with Crippen molar-refractivity contribution in [3.63, 3.8) is 0 Å². The van der Waals surface area contributed by atoms with Crippen molar-refractivity contribution in [2.45, 2.75) is 25.3 Å². The van der Waals surface area contributed by atoms with E-state index in [9.17, 15) is 9.18 Å². The number of nitrogens with zero attached hydrogens (tertiary/aromatic N) is 2. The topological polar surface area (TPSA) is 146 Å². The second-order valence-corrected chi connectivity index (χ2v) is 6.21. The highest BCUT2D eigenvalue weighted by Gasteiger charge is 2.21. The molecule has 0 radical (unpaired) electrons. The largest absolute Gasteiger partial charge is 0.483 e. The molecule has 6 N–H and O–H groups in total. The second kappa shape index (κ2) is 8.33. The highest BCUT2D eigenvalue weighted by molar-refractivity contribution is 5.98. The first-order chi connectivity index (χ1) is 13.5. The third-order valence-corrected chi connectivity index (χ3v) is 4.29. The van der Waals surface area contributed by atoms with Gasteiger partial charge in [0.2, 0.25) is 5.95 Å². The maximum absolute atomic E-state index is 13.0. The van der Waals surface area contributed by atoms with Gasteiger partial charge >= 0.3 is 0 Å². The number of H-pyrrole nitrogens is 1. The lowest BCUT2D eigenvalue weighted by Gasteiger charge is -2.27. The van der Waals surface area contributed by atoms with Gasteiger partial charge in [-0.3, -0.25) is 9.59 Å². The molecule has 1 aromatic carbocycles. The van der Waals surface area contributed by atoms with Crippen molar-refractivity contribution in [1.82, 2.24) is 15.0 Å². The fraction of sp³-hybridized carbons (Fsp3) is 0.222. The number of hydrogen-bond acceptors (Lipinski definition) is 6. The van der Waals surface area contributed by atoms with E-state index in [1.54, 1.807) is 18.2 Å². The second-order valence-electron chi connectivity index (χ2n) is 6.21. The number of rotatable bonds is 5. The van der Waals surface area contributed by atoms with E-state index in [1.807, 2.05) is 0 Å². The van der Waals surface area contributed by atoms with Crippen LogP contribution in [0.1, 0.15) is 29.8 Å². The Bertz CT molecular complexity index is 985. The van der Waals surface area contributed by atoms with E-state index in [0.717, 1.165) is 12.8 Å². The lowest BCUT2D eigenvalue weighted by atomic mass is 9.93. The summed E-state index contributed by atoms with van der Waals surface area (Å²) in [6.45, 7) is -0.250. The van der Waals surface area contributed by atoms with Gasteiger partial charge in [0.05, 0.1) is 5.52 Å². The van der Waals surface area contributed by atoms with E-state index in [2.05, 4.69) is 25.6 Å². The third kappa shape index (κ3) is 4.34. The van der Waals surface area contributed by atoms with E-state index in [1.165, 1.54) is 18.6 Å². The summed E-state index contributed by atoms with van der Waals surface area (Å²) in [5, 5.41) is 13.3. The van der Waals surface area contributed by atoms with Crippen LogP contribution in [0, 0.1) is 5.82 Å². The van der Waals surface area contributed by atoms with E-state index in [4.69, 9.17) is 15.6 Å². The first-order valence-electron chi connectivity index (χ1n) is 8.57. The van der Waals surface area contributed by atoms with Crippen molar-refractivity contribution in [2.24, 2.45) is 5.73 Å². The molecule has 0 bridgehead atoms. The van der Waals surface area contributed by atoms with E-state index >= 15 is 0 Å². The van der Waals surface area contributed by atoms with Crippen LogP contribution in [-0.2, 0) is 4.79 Å². The predicted octanol–water partition coefficient (Wildman–Crippen LogP) is 2.60. The minimum atomic E-state index is -0.555. The zero-order valence-corrected chi connectivity index (χ0v) is 14.8. The van der Waals surface area contributed by atoms with Gasteiger partial charge in [-0.15, -0.1) is 0 Å². The molecule has 0 saturated heterocycles. The molecule has 1 aliphatic carbocycles. The number of carbonyl (C=O) groups is 2. The molecule has 2 heterocycles. The van der Waals surface area contributed by atoms with Crippen LogP contribution < -0.4 is 16.4 Å². The SMILES string of the molecule is NC(=O)c1cc2nc(Nc3ccc(F)cc3)nc(NC3CCC3)c2[nH]1.O=CO. The predicted molar refractivity (Wildman–Crippen MR) is 102 cm³/mol. The van der Waals surface area contributed by atoms with Crippen LogP contribution in [0.2, 0.25) is 0 Å². The van der Waals surface area contributed by atoms with Crippen LogP contribution in [0.25, 0.3) is 11.0 Å². The quantitative estimate of drug-likeness (QED) is 0.424. The molecule has 1 aliphatic rings. The van der Waals surface area contributed by atoms with Crippen LogP contribution in [0.15, 0.2) is 30.3 Å². The van der Waals surface area contributed by atoms with Gasteiger partial charge in [-0.05, 0) is 49.6 Å². The summed E-state index contributed by atoms with van der Waals surface area (Å²) in [5.74, 6) is 0.106. The number of amides is 1. The van der Waals surface area contributed by atoms with Gasteiger partial charge in [-0.25, -0.2) is 9.37 Å². The Morgan fingerprint density at radius 1 is 1.29 bits per heavy atom. The smallest absolute Gasteiger partial charge is 0.290 e. The van der Waals surface area contributed by atoms with Crippen molar-refractivity contribution in [3.8, 4) is 0 Å². The molecule has 3 aromatic rings. The van der Waals surface area contributed by atoms with Crippen LogP contribution in [-0.4, -0.2) is 38.5 Å². The summed E-state index contributed by atoms with van der Waals surface area (Å²) in [7, 11) is 0. The maximum atomic E-state index is 13.0. The molecule has 146 valence electrons. The molecule has 10 heteroatoms. The highest BCUT2D eigenvalue weighted by atomic mass is 19.1. The van der Waals surface area contributed by atoms with Crippen LogP contribution >= 0.6 is 0 Å². The molecule has 1 fully saturated rings. The van der Waals surface area contributed by atoms with Crippen molar-refractivity contribution < 1.29 is 19.1 Å². The molecule has 28 heavy (non-hydrogen) atoms. The number of nitrogens with two attached hydrogens (primary N) is 1. The fourth-order valence-electron chi connectivity index (χ4n) is 2.71. The van der Waals surface area contributed by atoms with E-state index < -0.39 is 5.91 Å². The Kier molecular flexibility index (Phi) is 5.68. The summed E-state index contributed by atoms with van der Waals surface area (Å²) in [4.78, 5) is 31.7. The summed E-state index contributed by atoms with van der Waals surface area (Å²) in [6.07, 6.45) is 3.34. The molecule has 1 saturated carbocycles. The maximum Gasteiger partial charge on any atom is 0.290 e. The number of carboxylic acid groups (broad SMARTS) is 1. The number of nitrogens with one attached hydrogen (secondary N) is 3. The van der Waals surface area contributed by atoms with Crippen LogP contribution in [0.4, 0.5) is 21.8 Å². The number of fused-ring (bicyclic) bond motifs is 1. The molecule has 9 nitrogen and oxygen atoms in total. The minimum absolute atomic E-state index is 0.250. The Hall–Kier alpha value is -3.69. The average Bonchev–Trinajstić information content (AvgIpc) is 3.05. The van der Waals surface area contributed by atoms with Crippen molar-refractivity contribution >= 4 is 40.9 Å². The van der Waals surface area contributed by atoms with Crippen LogP contribution in [0.3, 0.4) is 0 Å². The Morgan fingerprint density at radius 2 is 1.96 bits per heavy atom. The Balaban J connectivity index is 0.000000706. The molecule has 2 aromatic heterocycles. The van der Waals surface area contributed by atoms with E-state index in [0.29, 0.717) is 34.5 Å². The van der Waals surface area contributed by atoms with Gasteiger partial charge in [0.15, 0.2) is 5.82 Å². The summed E-state index contributed by atoms with van der Waals surface area (Å²) >= 11 is 0. The normalized spacial score (nSPS) is 13.2. The number of halogens is 1. The fourth-order valence-corrected chi connectivity index (χ4v) is 2.71. The molecular weight excluding hydrogens is 367 g/mol. The number of primary amides is 1. The van der Waals surface area contributed by atoms with Crippen molar-refractivity contribution in [2.75, 3.05) is 10.6 Å². The van der Waals surface area contributed by atoms with Crippen molar-refractivity contribution in [3.05, 3.63) is 41.8 Å². The zero-order valence-electron chi connectivity index (χ0n) is 14.8. The lowest BCUT2D eigenvalue weighted by Crippen LogP contribution is -2.27. The third-order valence-electron chi connectivity index (χ3n) is 4.29. The summed E-state index contributed by atoms with van der Waals surface area (Å²) in [6, 6.07) is 7.88. The molecular formula is C18H19FN6O3. The van der Waals surface area contributed by atoms with Gasteiger partial charge in [-0.2, -0.15) is 4.98 Å². The highest BCUT2D eigenvalue weighted by Crippen LogP contribution is 2.28. The van der Waals surface area contributed by atoms with Gasteiger partial charge < -0.3 is 26.5 Å².